The van der Waals surface area contributed by atoms with E-state index in [-0.39, 0.29) is 18.4 Å². The van der Waals surface area contributed by atoms with Gasteiger partial charge in [-0.3, -0.25) is 4.79 Å². The van der Waals surface area contributed by atoms with Crippen LogP contribution in [0.25, 0.3) is 0 Å². The van der Waals surface area contributed by atoms with Gasteiger partial charge in [-0.05, 0) is 38.5 Å². The fourth-order valence-electron chi connectivity index (χ4n) is 4.12. The van der Waals surface area contributed by atoms with Crippen LogP contribution in [-0.4, -0.2) is 68.2 Å². The van der Waals surface area contributed by atoms with Crippen LogP contribution >= 0.6 is 0 Å². The number of piperidine rings is 1. The minimum atomic E-state index is -3.33. The molecule has 0 aromatic carbocycles. The molecule has 0 radical (unpaired) electrons. The first-order valence-corrected chi connectivity index (χ1v) is 10.2. The lowest BCUT2D eigenvalue weighted by atomic mass is 9.85. The van der Waals surface area contributed by atoms with Gasteiger partial charge in [-0.2, -0.15) is 0 Å². The van der Waals surface area contributed by atoms with Gasteiger partial charge in [-0.15, -0.1) is 0 Å². The molecule has 1 aliphatic carbocycles. The van der Waals surface area contributed by atoms with Gasteiger partial charge in [0.2, 0.25) is 15.9 Å². The van der Waals surface area contributed by atoms with E-state index in [2.05, 4.69) is 0 Å². The molecular formula is C16H28N2O4S. The second-order valence-electron chi connectivity index (χ2n) is 7.18. The topological polar surface area (TPSA) is 66.9 Å². The summed E-state index contributed by atoms with van der Waals surface area (Å²) < 4.78 is 32.0. The Morgan fingerprint density at radius 2 is 1.70 bits per heavy atom. The van der Waals surface area contributed by atoms with E-state index in [1.165, 1.54) is 0 Å². The van der Waals surface area contributed by atoms with Crippen molar-refractivity contribution < 1.29 is 17.9 Å². The second-order valence-corrected chi connectivity index (χ2v) is 9.51. The van der Waals surface area contributed by atoms with Crippen molar-refractivity contribution in [1.82, 2.24) is 9.21 Å². The number of carbonyl (C=O) groups is 1. The summed E-state index contributed by atoms with van der Waals surface area (Å²) in [7, 11) is -1.77. The van der Waals surface area contributed by atoms with Crippen molar-refractivity contribution in [2.75, 3.05) is 39.9 Å². The molecule has 0 N–H and O–H groups in total. The smallest absolute Gasteiger partial charge is 0.225 e. The van der Waals surface area contributed by atoms with Crippen molar-refractivity contribution in [2.45, 2.75) is 49.7 Å². The first-order valence-electron chi connectivity index (χ1n) is 8.78. The summed E-state index contributed by atoms with van der Waals surface area (Å²) in [4.78, 5) is 14.4. The van der Waals surface area contributed by atoms with Crippen LogP contribution < -0.4 is 0 Å². The molecular weight excluding hydrogens is 316 g/mol. The molecule has 2 aliphatic heterocycles. The molecule has 132 valence electrons. The Hall–Kier alpha value is -0.660. The van der Waals surface area contributed by atoms with Crippen molar-refractivity contribution in [3.05, 3.63) is 0 Å². The highest BCUT2D eigenvalue weighted by atomic mass is 32.2. The molecule has 0 unspecified atom stereocenters. The zero-order valence-electron chi connectivity index (χ0n) is 14.0. The summed E-state index contributed by atoms with van der Waals surface area (Å²) in [6, 6.07) is 0. The highest BCUT2D eigenvalue weighted by Gasteiger charge is 2.52. The minimum absolute atomic E-state index is 0.000634. The first-order chi connectivity index (χ1) is 11.0. The van der Waals surface area contributed by atoms with Gasteiger partial charge < -0.3 is 9.64 Å². The van der Waals surface area contributed by atoms with Crippen molar-refractivity contribution in [2.24, 2.45) is 5.92 Å². The van der Waals surface area contributed by atoms with E-state index in [4.69, 9.17) is 4.74 Å². The lowest BCUT2D eigenvalue weighted by Crippen LogP contribution is -2.57. The SMILES string of the molecule is COCC1(S(=O)(=O)N2CCC(C(=O)N3CCCC3)CC2)CCC1. The Morgan fingerprint density at radius 3 is 2.17 bits per heavy atom. The van der Waals surface area contributed by atoms with E-state index in [0.717, 1.165) is 32.4 Å². The van der Waals surface area contributed by atoms with Crippen LogP contribution in [0.4, 0.5) is 0 Å². The summed E-state index contributed by atoms with van der Waals surface area (Å²) >= 11 is 0. The second kappa shape index (κ2) is 6.69. The maximum absolute atomic E-state index is 13.0. The van der Waals surface area contributed by atoms with E-state index in [9.17, 15) is 13.2 Å². The van der Waals surface area contributed by atoms with E-state index >= 15 is 0 Å². The molecule has 0 atom stereocenters. The van der Waals surface area contributed by atoms with E-state index < -0.39 is 14.8 Å². The number of nitrogens with zero attached hydrogens (tertiary/aromatic N) is 2. The summed E-state index contributed by atoms with van der Waals surface area (Å²) in [5, 5.41) is 0. The molecule has 0 aromatic rings. The van der Waals surface area contributed by atoms with Gasteiger partial charge >= 0.3 is 0 Å². The quantitative estimate of drug-likeness (QED) is 0.752. The summed E-state index contributed by atoms with van der Waals surface area (Å²) in [6.45, 7) is 2.96. The molecule has 7 heteroatoms. The van der Waals surface area contributed by atoms with Gasteiger partial charge in [0.25, 0.3) is 0 Å². The predicted octanol–water partition coefficient (Wildman–Crippen LogP) is 1.22. The number of hydrogen-bond acceptors (Lipinski definition) is 4. The lowest BCUT2D eigenvalue weighted by molar-refractivity contribution is -0.135. The molecule has 1 amide bonds. The number of rotatable bonds is 5. The number of sulfonamides is 1. The molecule has 23 heavy (non-hydrogen) atoms. The maximum atomic E-state index is 13.0. The minimum Gasteiger partial charge on any atom is -0.383 e. The molecule has 2 heterocycles. The molecule has 0 bridgehead atoms. The number of carbonyl (C=O) groups excluding carboxylic acids is 1. The summed E-state index contributed by atoms with van der Waals surface area (Å²) in [6.07, 6.45) is 5.82. The van der Waals surface area contributed by atoms with Crippen LogP contribution in [0.5, 0.6) is 0 Å². The molecule has 0 spiro atoms. The molecule has 2 saturated heterocycles. The monoisotopic (exact) mass is 344 g/mol. The first kappa shape index (κ1) is 17.2. The average Bonchev–Trinajstić information content (AvgIpc) is 3.04. The van der Waals surface area contributed by atoms with Gasteiger partial charge in [-0.25, -0.2) is 12.7 Å². The highest BCUT2D eigenvalue weighted by Crippen LogP contribution is 2.42. The third-order valence-electron chi connectivity index (χ3n) is 5.78. The Labute approximate surface area is 139 Å². The summed E-state index contributed by atoms with van der Waals surface area (Å²) in [5.41, 5.74) is 0. The standard InChI is InChI=1S/C16H28N2O4S/c1-22-13-16(7-4-8-16)23(20,21)18-11-5-14(6-12-18)15(19)17-9-2-3-10-17/h14H,2-13H2,1H3. The molecule has 0 aromatic heterocycles. The van der Waals surface area contributed by atoms with Crippen molar-refractivity contribution in [1.29, 1.82) is 0 Å². The number of amides is 1. The normalized spacial score (nSPS) is 26.2. The number of ether oxygens (including phenoxy) is 1. The third kappa shape index (κ3) is 3.03. The number of methoxy groups -OCH3 is 1. The molecule has 6 nitrogen and oxygen atoms in total. The van der Waals surface area contributed by atoms with Gasteiger partial charge in [0, 0.05) is 39.2 Å². The third-order valence-corrected chi connectivity index (χ3v) is 8.45. The number of likely N-dealkylation sites (tertiary alicyclic amines) is 1. The predicted molar refractivity (Wildman–Crippen MR) is 87.5 cm³/mol. The maximum Gasteiger partial charge on any atom is 0.225 e. The van der Waals surface area contributed by atoms with Gasteiger partial charge in [0.15, 0.2) is 0 Å². The number of hydrogen-bond donors (Lipinski definition) is 0. The van der Waals surface area contributed by atoms with Crippen LogP contribution in [0.1, 0.15) is 44.9 Å². The van der Waals surface area contributed by atoms with Crippen molar-refractivity contribution in [3.63, 3.8) is 0 Å². The lowest BCUT2D eigenvalue weighted by Gasteiger charge is -2.45. The average molecular weight is 344 g/mol. The Balaban J connectivity index is 1.61. The zero-order valence-corrected chi connectivity index (χ0v) is 14.8. The van der Waals surface area contributed by atoms with Crippen molar-refractivity contribution in [3.8, 4) is 0 Å². The summed E-state index contributed by atoms with van der Waals surface area (Å²) in [5.74, 6) is 0.231. The largest absolute Gasteiger partial charge is 0.383 e. The van der Waals surface area contributed by atoms with Crippen LogP contribution in [0, 0.1) is 5.92 Å². The van der Waals surface area contributed by atoms with Gasteiger partial charge in [0.05, 0.1) is 6.61 Å². The molecule has 3 rings (SSSR count). The van der Waals surface area contributed by atoms with E-state index in [0.29, 0.717) is 38.8 Å². The van der Waals surface area contributed by atoms with E-state index in [1.807, 2.05) is 4.90 Å². The Morgan fingerprint density at radius 1 is 1.09 bits per heavy atom. The van der Waals surface area contributed by atoms with Gasteiger partial charge in [-0.1, -0.05) is 6.42 Å². The molecule has 3 fully saturated rings. The fourth-order valence-corrected chi connectivity index (χ4v) is 6.43. The van der Waals surface area contributed by atoms with Crippen LogP contribution in [0.3, 0.4) is 0 Å². The molecule has 3 aliphatic rings. The van der Waals surface area contributed by atoms with Crippen LogP contribution in [0.15, 0.2) is 0 Å². The van der Waals surface area contributed by atoms with Crippen LogP contribution in [-0.2, 0) is 19.6 Å². The van der Waals surface area contributed by atoms with E-state index in [1.54, 1.807) is 11.4 Å². The highest BCUT2D eigenvalue weighted by molar-refractivity contribution is 7.90. The van der Waals surface area contributed by atoms with Crippen LogP contribution in [0.2, 0.25) is 0 Å². The molecule has 1 saturated carbocycles. The van der Waals surface area contributed by atoms with Gasteiger partial charge in [0.1, 0.15) is 4.75 Å². The Bertz CT molecular complexity index is 530. The van der Waals surface area contributed by atoms with Crippen molar-refractivity contribution >= 4 is 15.9 Å². The Kier molecular flexibility index (Phi) is 4.99. The fraction of sp³-hybridized carbons (Fsp3) is 0.938. The zero-order chi connectivity index (χ0) is 16.5.